The second-order valence-electron chi connectivity index (χ2n) is 10.9. The highest BCUT2D eigenvalue weighted by Gasteiger charge is 2.26. The number of hydrogen-bond donors (Lipinski definition) is 2. The van der Waals surface area contributed by atoms with Gasteiger partial charge in [0.15, 0.2) is 0 Å². The summed E-state index contributed by atoms with van der Waals surface area (Å²) in [5.41, 5.74) is 0.124. The van der Waals surface area contributed by atoms with E-state index in [2.05, 4.69) is 10.6 Å². The molecular formula is C30H36FN3O6. The van der Waals surface area contributed by atoms with Crippen molar-refractivity contribution >= 4 is 34.6 Å². The third-order valence-electron chi connectivity index (χ3n) is 5.82. The third-order valence-corrected chi connectivity index (χ3v) is 5.82. The third kappa shape index (κ3) is 8.14. The lowest BCUT2D eigenvalue weighted by Crippen LogP contribution is -2.46. The van der Waals surface area contributed by atoms with E-state index in [0.29, 0.717) is 17.6 Å². The van der Waals surface area contributed by atoms with Gasteiger partial charge >= 0.3 is 12.1 Å². The first kappa shape index (κ1) is 30.3. The molecular weight excluding hydrogens is 517 g/mol. The molecule has 1 unspecified atom stereocenters. The number of carbonyl (C=O) groups excluding carboxylic acids is 3. The summed E-state index contributed by atoms with van der Waals surface area (Å²) < 4.78 is 25.5. The summed E-state index contributed by atoms with van der Waals surface area (Å²) in [4.78, 5) is 51.5. The summed E-state index contributed by atoms with van der Waals surface area (Å²) in [6.45, 7) is 11.0. The Bertz CT molecular complexity index is 1440. The zero-order valence-electron chi connectivity index (χ0n) is 23.7. The van der Waals surface area contributed by atoms with Crippen molar-refractivity contribution in [3.63, 3.8) is 0 Å². The first-order valence-corrected chi connectivity index (χ1v) is 13.2. The van der Waals surface area contributed by atoms with Crippen LogP contribution in [0.3, 0.4) is 0 Å². The Kier molecular flexibility index (Phi) is 9.68. The molecule has 1 atom stereocenters. The van der Waals surface area contributed by atoms with E-state index in [0.717, 1.165) is 5.56 Å². The second kappa shape index (κ2) is 12.8. The van der Waals surface area contributed by atoms with Crippen LogP contribution in [0, 0.1) is 11.7 Å². The van der Waals surface area contributed by atoms with Crippen LogP contribution in [-0.2, 0) is 20.8 Å². The molecule has 0 aliphatic heterocycles. The molecule has 40 heavy (non-hydrogen) atoms. The topological polar surface area (TPSA) is 116 Å². The fourth-order valence-electron chi connectivity index (χ4n) is 4.13. The summed E-state index contributed by atoms with van der Waals surface area (Å²) in [7, 11) is 0. The summed E-state index contributed by atoms with van der Waals surface area (Å²) in [6, 6.07) is 9.78. The standard InChI is InChI=1S/C30H36FN3O6/c1-7-39-28(37)23-17-34(16-19-8-10-20(31)11-9-19)25-13-12-21(15-22(25)26(23)35)32-27(36)24(14-18(2)3)33-29(38)40-30(4,5)6/h8-13,15,17-18,24H,7,14,16H2,1-6H3,(H,32,36)(H,33,38). The highest BCUT2D eigenvalue weighted by atomic mass is 19.1. The molecule has 10 heteroatoms. The van der Waals surface area contributed by atoms with Gasteiger partial charge in [0.05, 0.1) is 12.1 Å². The number of rotatable bonds is 9. The SMILES string of the molecule is CCOC(=O)c1cn(Cc2ccc(F)cc2)c2ccc(NC(=O)C(CC(C)C)NC(=O)OC(C)(C)C)cc2c1=O. The molecule has 0 fully saturated rings. The monoisotopic (exact) mass is 553 g/mol. The van der Waals surface area contributed by atoms with Crippen molar-refractivity contribution < 1.29 is 28.2 Å². The molecule has 0 saturated heterocycles. The largest absolute Gasteiger partial charge is 0.462 e. The molecule has 0 aliphatic rings. The van der Waals surface area contributed by atoms with Gasteiger partial charge in [-0.15, -0.1) is 0 Å². The molecule has 1 heterocycles. The Morgan fingerprint density at radius 1 is 1.05 bits per heavy atom. The Morgan fingerprint density at radius 2 is 1.73 bits per heavy atom. The maximum atomic E-state index is 13.4. The Balaban J connectivity index is 1.98. The average Bonchev–Trinajstić information content (AvgIpc) is 2.85. The number of hydrogen-bond acceptors (Lipinski definition) is 6. The van der Waals surface area contributed by atoms with Crippen LogP contribution in [0.1, 0.15) is 63.9 Å². The predicted molar refractivity (Wildman–Crippen MR) is 151 cm³/mol. The number of alkyl carbamates (subject to hydrolysis) is 1. The maximum absolute atomic E-state index is 13.4. The van der Waals surface area contributed by atoms with Gasteiger partial charge in [-0.25, -0.2) is 14.0 Å². The van der Waals surface area contributed by atoms with Crippen LogP contribution < -0.4 is 16.1 Å². The van der Waals surface area contributed by atoms with Crippen molar-refractivity contribution in [3.8, 4) is 0 Å². The van der Waals surface area contributed by atoms with Gasteiger partial charge in [-0.3, -0.25) is 9.59 Å². The number of nitrogens with one attached hydrogen (secondary N) is 2. The highest BCUT2D eigenvalue weighted by molar-refractivity contribution is 5.99. The van der Waals surface area contributed by atoms with E-state index in [4.69, 9.17) is 9.47 Å². The van der Waals surface area contributed by atoms with Gasteiger partial charge in [0.1, 0.15) is 23.0 Å². The molecule has 0 radical (unpaired) electrons. The summed E-state index contributed by atoms with van der Waals surface area (Å²) in [6.07, 6.45) is 1.07. The molecule has 3 aromatic rings. The number of amides is 2. The molecule has 214 valence electrons. The van der Waals surface area contributed by atoms with Crippen LogP contribution >= 0.6 is 0 Å². The first-order chi connectivity index (χ1) is 18.8. The molecule has 0 bridgehead atoms. The number of aromatic nitrogens is 1. The second-order valence-corrected chi connectivity index (χ2v) is 10.9. The van der Waals surface area contributed by atoms with Crippen molar-refractivity contribution in [2.45, 2.75) is 66.2 Å². The molecule has 1 aromatic heterocycles. The number of ether oxygens (including phenoxy) is 2. The maximum Gasteiger partial charge on any atom is 0.408 e. The number of esters is 1. The number of pyridine rings is 1. The van der Waals surface area contributed by atoms with Gasteiger partial charge in [-0.2, -0.15) is 0 Å². The molecule has 0 spiro atoms. The van der Waals surface area contributed by atoms with Gasteiger partial charge in [-0.1, -0.05) is 26.0 Å². The van der Waals surface area contributed by atoms with Crippen LogP contribution in [0.4, 0.5) is 14.9 Å². The van der Waals surface area contributed by atoms with Crippen molar-refractivity contribution in [2.24, 2.45) is 5.92 Å². The molecule has 0 saturated carbocycles. The van der Waals surface area contributed by atoms with Gasteiger partial charge in [-0.05, 0) is 75.9 Å². The lowest BCUT2D eigenvalue weighted by Gasteiger charge is -2.24. The fraction of sp³-hybridized carbons (Fsp3) is 0.400. The summed E-state index contributed by atoms with van der Waals surface area (Å²) in [5, 5.41) is 5.58. The normalized spacial score (nSPS) is 12.2. The minimum Gasteiger partial charge on any atom is -0.462 e. The lowest BCUT2D eigenvalue weighted by atomic mass is 10.0. The van der Waals surface area contributed by atoms with Gasteiger partial charge in [0, 0.05) is 23.8 Å². The molecule has 3 rings (SSSR count). The van der Waals surface area contributed by atoms with Crippen molar-refractivity contribution in [3.05, 3.63) is 75.8 Å². The van der Waals surface area contributed by atoms with Crippen LogP contribution in [0.5, 0.6) is 0 Å². The zero-order chi connectivity index (χ0) is 29.6. The van der Waals surface area contributed by atoms with E-state index < -0.39 is 35.0 Å². The first-order valence-electron chi connectivity index (χ1n) is 13.2. The van der Waals surface area contributed by atoms with E-state index in [1.165, 1.54) is 24.4 Å². The zero-order valence-corrected chi connectivity index (χ0v) is 23.7. The summed E-state index contributed by atoms with van der Waals surface area (Å²) >= 11 is 0. The van der Waals surface area contributed by atoms with E-state index in [1.54, 1.807) is 56.5 Å². The quantitative estimate of drug-likeness (QED) is 0.350. The van der Waals surface area contributed by atoms with Gasteiger partial charge < -0.3 is 24.7 Å². The highest BCUT2D eigenvalue weighted by Crippen LogP contribution is 2.21. The average molecular weight is 554 g/mol. The van der Waals surface area contributed by atoms with Gasteiger partial charge in [0.25, 0.3) is 0 Å². The Hall–Kier alpha value is -4.21. The van der Waals surface area contributed by atoms with E-state index in [-0.39, 0.29) is 35.8 Å². The number of anilines is 1. The van der Waals surface area contributed by atoms with Crippen LogP contribution in [-0.4, -0.2) is 40.8 Å². The van der Waals surface area contributed by atoms with E-state index in [1.807, 2.05) is 13.8 Å². The van der Waals surface area contributed by atoms with E-state index >= 15 is 0 Å². The smallest absolute Gasteiger partial charge is 0.408 e. The van der Waals surface area contributed by atoms with Crippen LogP contribution in [0.15, 0.2) is 53.5 Å². The minimum atomic E-state index is -0.883. The summed E-state index contributed by atoms with van der Waals surface area (Å²) in [5.74, 6) is -1.53. The Labute approximate surface area is 232 Å². The van der Waals surface area contributed by atoms with Crippen LogP contribution in [0.25, 0.3) is 10.9 Å². The Morgan fingerprint density at radius 3 is 2.33 bits per heavy atom. The van der Waals surface area contributed by atoms with Crippen LogP contribution in [0.2, 0.25) is 0 Å². The molecule has 9 nitrogen and oxygen atoms in total. The van der Waals surface area contributed by atoms with Crippen molar-refractivity contribution in [1.82, 2.24) is 9.88 Å². The van der Waals surface area contributed by atoms with Crippen molar-refractivity contribution in [2.75, 3.05) is 11.9 Å². The lowest BCUT2D eigenvalue weighted by molar-refractivity contribution is -0.118. The van der Waals surface area contributed by atoms with E-state index in [9.17, 15) is 23.6 Å². The predicted octanol–water partition coefficient (Wildman–Crippen LogP) is 5.24. The number of benzene rings is 2. The number of halogens is 1. The van der Waals surface area contributed by atoms with Gasteiger partial charge in [0.2, 0.25) is 11.3 Å². The van der Waals surface area contributed by atoms with Crippen molar-refractivity contribution in [1.29, 1.82) is 0 Å². The minimum absolute atomic E-state index is 0.0895. The number of nitrogens with zero attached hydrogens (tertiary/aromatic N) is 1. The molecule has 2 N–H and O–H groups in total. The molecule has 2 aromatic carbocycles. The number of fused-ring (bicyclic) bond motifs is 1. The molecule has 2 amide bonds. The molecule has 0 aliphatic carbocycles. The number of carbonyl (C=O) groups is 3. The fourth-order valence-corrected chi connectivity index (χ4v) is 4.13.